The van der Waals surface area contributed by atoms with Crippen molar-refractivity contribution in [2.45, 2.75) is 18.4 Å². The number of ether oxygens (including phenoxy) is 1. The fourth-order valence-corrected chi connectivity index (χ4v) is 2.42. The Hall–Kier alpha value is -1.59. The van der Waals surface area contributed by atoms with Gasteiger partial charge >= 0.3 is 0 Å². The van der Waals surface area contributed by atoms with Crippen molar-refractivity contribution < 1.29 is 17.5 Å². The van der Waals surface area contributed by atoms with Gasteiger partial charge in [-0.15, -0.1) is 0 Å². The molecule has 2 rings (SSSR count). The summed E-state index contributed by atoms with van der Waals surface area (Å²) in [6, 6.07) is 10.2. The third-order valence-corrected chi connectivity index (χ3v) is 4.18. The fourth-order valence-electron chi connectivity index (χ4n) is 1.66. The molecule has 2 aromatic rings. The van der Waals surface area contributed by atoms with Gasteiger partial charge in [0.1, 0.15) is 18.2 Å². The van der Waals surface area contributed by atoms with Crippen molar-refractivity contribution in [2.75, 3.05) is 0 Å². The molecule has 0 aromatic heterocycles. The molecule has 6 heteroatoms. The van der Waals surface area contributed by atoms with Crippen LogP contribution in [0, 0.1) is 12.7 Å². The van der Waals surface area contributed by atoms with Gasteiger partial charge in [0.15, 0.2) is 0 Å². The molecule has 0 fully saturated rings. The zero-order chi connectivity index (χ0) is 14.8. The second-order valence-corrected chi connectivity index (χ2v) is 6.83. The van der Waals surface area contributed by atoms with Crippen LogP contribution in [0.2, 0.25) is 0 Å². The first kappa shape index (κ1) is 14.8. The van der Waals surface area contributed by atoms with Gasteiger partial charge in [0, 0.05) is 10.7 Å². The van der Waals surface area contributed by atoms with Crippen LogP contribution >= 0.6 is 10.7 Å². The van der Waals surface area contributed by atoms with E-state index in [1.165, 1.54) is 36.4 Å². The summed E-state index contributed by atoms with van der Waals surface area (Å²) >= 11 is 0. The lowest BCUT2D eigenvalue weighted by Gasteiger charge is -2.09. The van der Waals surface area contributed by atoms with Gasteiger partial charge in [0.25, 0.3) is 9.05 Å². The first-order valence-corrected chi connectivity index (χ1v) is 8.10. The molecule has 0 N–H and O–H groups in total. The SMILES string of the molecule is Cc1ccc(F)cc1COc1ccc(S(=O)(=O)Cl)cc1. The summed E-state index contributed by atoms with van der Waals surface area (Å²) in [5, 5.41) is 0. The lowest BCUT2D eigenvalue weighted by molar-refractivity contribution is 0.304. The molecular weight excluding hydrogens is 303 g/mol. The van der Waals surface area contributed by atoms with Crippen LogP contribution < -0.4 is 4.74 Å². The Labute approximate surface area is 121 Å². The summed E-state index contributed by atoms with van der Waals surface area (Å²) < 4.78 is 40.8. The summed E-state index contributed by atoms with van der Waals surface area (Å²) in [6.07, 6.45) is 0. The molecular formula is C14H12ClFO3S. The fraction of sp³-hybridized carbons (Fsp3) is 0.143. The van der Waals surface area contributed by atoms with Crippen molar-refractivity contribution in [1.82, 2.24) is 0 Å². The molecule has 0 bridgehead atoms. The van der Waals surface area contributed by atoms with Crippen LogP contribution in [0.1, 0.15) is 11.1 Å². The van der Waals surface area contributed by atoms with Gasteiger partial charge in [-0.25, -0.2) is 12.8 Å². The quantitative estimate of drug-likeness (QED) is 0.809. The molecule has 0 aliphatic carbocycles. The zero-order valence-corrected chi connectivity index (χ0v) is 12.2. The summed E-state index contributed by atoms with van der Waals surface area (Å²) in [4.78, 5) is 0.00783. The summed E-state index contributed by atoms with van der Waals surface area (Å²) in [6.45, 7) is 2.07. The van der Waals surface area contributed by atoms with Gasteiger partial charge in [-0.2, -0.15) is 0 Å². The van der Waals surface area contributed by atoms with E-state index >= 15 is 0 Å². The lowest BCUT2D eigenvalue weighted by Crippen LogP contribution is -1.99. The molecule has 0 atom stereocenters. The molecule has 0 amide bonds. The van der Waals surface area contributed by atoms with E-state index in [-0.39, 0.29) is 17.3 Å². The van der Waals surface area contributed by atoms with Crippen molar-refractivity contribution in [3.63, 3.8) is 0 Å². The maximum absolute atomic E-state index is 13.1. The average Bonchev–Trinajstić information content (AvgIpc) is 2.39. The molecule has 3 nitrogen and oxygen atoms in total. The predicted molar refractivity (Wildman–Crippen MR) is 74.9 cm³/mol. The number of hydrogen-bond acceptors (Lipinski definition) is 3. The lowest BCUT2D eigenvalue weighted by atomic mass is 10.1. The summed E-state index contributed by atoms with van der Waals surface area (Å²) in [5.41, 5.74) is 1.66. The molecule has 0 spiro atoms. The van der Waals surface area contributed by atoms with Gasteiger partial charge < -0.3 is 4.74 Å². The Balaban J connectivity index is 2.10. The molecule has 20 heavy (non-hydrogen) atoms. The normalized spacial score (nSPS) is 11.3. The topological polar surface area (TPSA) is 43.4 Å². The second-order valence-electron chi connectivity index (χ2n) is 4.27. The van der Waals surface area contributed by atoms with Crippen LogP contribution in [0.4, 0.5) is 4.39 Å². The first-order valence-electron chi connectivity index (χ1n) is 5.79. The highest BCUT2D eigenvalue weighted by atomic mass is 35.7. The molecule has 0 aliphatic heterocycles. The molecule has 106 valence electrons. The van der Waals surface area contributed by atoms with Crippen LogP contribution in [-0.4, -0.2) is 8.42 Å². The van der Waals surface area contributed by atoms with E-state index in [0.717, 1.165) is 11.1 Å². The van der Waals surface area contributed by atoms with Crippen LogP contribution in [0.25, 0.3) is 0 Å². The Morgan fingerprint density at radius 3 is 2.40 bits per heavy atom. The Morgan fingerprint density at radius 1 is 1.15 bits per heavy atom. The van der Waals surface area contributed by atoms with E-state index in [4.69, 9.17) is 15.4 Å². The highest BCUT2D eigenvalue weighted by molar-refractivity contribution is 8.13. The molecule has 0 unspecified atom stereocenters. The minimum absolute atomic E-state index is 0.00783. The van der Waals surface area contributed by atoms with Crippen LogP contribution in [0.3, 0.4) is 0 Å². The van der Waals surface area contributed by atoms with Crippen molar-refractivity contribution in [3.8, 4) is 5.75 Å². The Bertz CT molecular complexity index is 712. The van der Waals surface area contributed by atoms with Crippen LogP contribution in [-0.2, 0) is 15.7 Å². The largest absolute Gasteiger partial charge is 0.489 e. The van der Waals surface area contributed by atoms with E-state index in [1.54, 1.807) is 6.07 Å². The van der Waals surface area contributed by atoms with Gasteiger partial charge in [-0.1, -0.05) is 6.07 Å². The maximum atomic E-state index is 13.1. The summed E-state index contributed by atoms with van der Waals surface area (Å²) in [7, 11) is 1.48. The third kappa shape index (κ3) is 3.71. The number of aryl methyl sites for hydroxylation is 1. The maximum Gasteiger partial charge on any atom is 0.261 e. The second kappa shape index (κ2) is 5.81. The van der Waals surface area contributed by atoms with Crippen molar-refractivity contribution >= 4 is 19.7 Å². The van der Waals surface area contributed by atoms with Crippen LogP contribution in [0.5, 0.6) is 5.75 Å². The van der Waals surface area contributed by atoms with Crippen molar-refractivity contribution in [2.24, 2.45) is 0 Å². The zero-order valence-electron chi connectivity index (χ0n) is 10.6. The number of rotatable bonds is 4. The summed E-state index contributed by atoms with van der Waals surface area (Å²) in [5.74, 6) is 0.163. The Morgan fingerprint density at radius 2 is 1.80 bits per heavy atom. The third-order valence-electron chi connectivity index (χ3n) is 2.81. The monoisotopic (exact) mass is 314 g/mol. The smallest absolute Gasteiger partial charge is 0.261 e. The van der Waals surface area contributed by atoms with Crippen LogP contribution in [0.15, 0.2) is 47.4 Å². The highest BCUT2D eigenvalue weighted by Gasteiger charge is 2.09. The van der Waals surface area contributed by atoms with Crippen molar-refractivity contribution in [1.29, 1.82) is 0 Å². The first-order chi connectivity index (χ1) is 9.36. The molecule has 0 aliphatic rings. The number of benzene rings is 2. The van der Waals surface area contributed by atoms with E-state index < -0.39 is 9.05 Å². The molecule has 0 saturated heterocycles. The van der Waals surface area contributed by atoms with Gasteiger partial charge in [0.2, 0.25) is 0 Å². The highest BCUT2D eigenvalue weighted by Crippen LogP contribution is 2.20. The van der Waals surface area contributed by atoms with E-state index in [2.05, 4.69) is 0 Å². The van der Waals surface area contributed by atoms with E-state index in [9.17, 15) is 12.8 Å². The van der Waals surface area contributed by atoms with Gasteiger partial charge in [0.05, 0.1) is 4.90 Å². The van der Waals surface area contributed by atoms with Gasteiger partial charge in [-0.3, -0.25) is 0 Å². The molecule has 0 heterocycles. The standard InChI is InChI=1S/C14H12ClFO3S/c1-10-2-3-12(16)8-11(10)9-19-13-4-6-14(7-5-13)20(15,17)18/h2-8H,9H2,1H3. The number of hydrogen-bond donors (Lipinski definition) is 0. The van der Waals surface area contributed by atoms with E-state index in [1.807, 2.05) is 6.92 Å². The molecule has 0 saturated carbocycles. The minimum Gasteiger partial charge on any atom is -0.489 e. The van der Waals surface area contributed by atoms with E-state index in [0.29, 0.717) is 5.75 Å². The molecule has 0 radical (unpaired) electrons. The average molecular weight is 315 g/mol. The predicted octanol–water partition coefficient (Wildman–Crippen LogP) is 3.64. The Kier molecular flexibility index (Phi) is 4.30. The van der Waals surface area contributed by atoms with Crippen molar-refractivity contribution in [3.05, 3.63) is 59.4 Å². The minimum atomic E-state index is -3.73. The number of halogens is 2. The van der Waals surface area contributed by atoms with Gasteiger partial charge in [-0.05, 0) is 54.4 Å². The molecule has 2 aromatic carbocycles.